The van der Waals surface area contributed by atoms with Crippen LogP contribution in [0.3, 0.4) is 0 Å². The van der Waals surface area contributed by atoms with Gasteiger partial charge < -0.3 is 20.1 Å². The lowest BCUT2D eigenvalue weighted by Gasteiger charge is -2.16. The third kappa shape index (κ3) is 4.05. The highest BCUT2D eigenvalue weighted by atomic mass is 35.5. The number of ether oxygens (including phenoxy) is 2. The molecule has 2 aromatic carbocycles. The molecule has 2 heterocycles. The third-order valence-electron chi connectivity index (χ3n) is 4.53. The Kier molecular flexibility index (Phi) is 5.78. The number of fused-ring (bicyclic) bond motifs is 1. The molecule has 1 fully saturated rings. The molecule has 0 saturated carbocycles. The Bertz CT molecular complexity index is 1080. The van der Waals surface area contributed by atoms with Crippen LogP contribution in [0.25, 0.3) is 10.9 Å². The van der Waals surface area contributed by atoms with E-state index in [1.807, 2.05) is 0 Å². The standard InChI is InChI=1S/C19H15ClF4N4O2/c20-15-12(30-19(23)24)3-2-11(16(15)21)28-18-14-10(26-8-27-18)1-4-13(17(14)22)29-9-5-6-25-7-9/h1-4,8-9,19,25H,5-7H2,(H,26,27,28)/t9-/m0/s1. The molecule has 158 valence electrons. The number of alkyl halides is 2. The van der Waals surface area contributed by atoms with Gasteiger partial charge in [0.15, 0.2) is 17.4 Å². The fourth-order valence-electron chi connectivity index (χ4n) is 3.13. The van der Waals surface area contributed by atoms with Crippen LogP contribution in [0.1, 0.15) is 6.42 Å². The lowest BCUT2D eigenvalue weighted by atomic mass is 10.2. The molecule has 0 amide bonds. The van der Waals surface area contributed by atoms with Crippen molar-refractivity contribution in [3.05, 3.63) is 47.2 Å². The van der Waals surface area contributed by atoms with Gasteiger partial charge in [-0.15, -0.1) is 0 Å². The van der Waals surface area contributed by atoms with Gasteiger partial charge in [0.1, 0.15) is 29.0 Å². The number of rotatable bonds is 6. The first-order valence-electron chi connectivity index (χ1n) is 8.94. The highest BCUT2D eigenvalue weighted by Gasteiger charge is 2.22. The van der Waals surface area contributed by atoms with Crippen molar-refractivity contribution in [2.24, 2.45) is 0 Å². The fraction of sp³-hybridized carbons (Fsp3) is 0.263. The number of nitrogens with one attached hydrogen (secondary N) is 2. The molecule has 11 heteroatoms. The quantitative estimate of drug-likeness (QED) is 0.542. The van der Waals surface area contributed by atoms with Crippen LogP contribution in [0.5, 0.6) is 11.5 Å². The molecule has 1 aromatic heterocycles. The molecule has 1 saturated heterocycles. The summed E-state index contributed by atoms with van der Waals surface area (Å²) in [5.41, 5.74) is 0.0680. The van der Waals surface area contributed by atoms with Gasteiger partial charge in [0.2, 0.25) is 0 Å². The zero-order valence-electron chi connectivity index (χ0n) is 15.3. The van der Waals surface area contributed by atoms with Crippen LogP contribution in [0.2, 0.25) is 5.02 Å². The summed E-state index contributed by atoms with van der Waals surface area (Å²) in [6.07, 6.45) is 1.75. The largest absolute Gasteiger partial charge is 0.486 e. The van der Waals surface area contributed by atoms with Gasteiger partial charge in [0, 0.05) is 6.54 Å². The lowest BCUT2D eigenvalue weighted by molar-refractivity contribution is -0.0499. The summed E-state index contributed by atoms with van der Waals surface area (Å²) >= 11 is 5.77. The summed E-state index contributed by atoms with van der Waals surface area (Å²) in [7, 11) is 0. The Hall–Kier alpha value is -2.85. The Labute approximate surface area is 173 Å². The van der Waals surface area contributed by atoms with Gasteiger partial charge in [-0.3, -0.25) is 0 Å². The molecule has 4 rings (SSSR count). The molecular weight excluding hydrogens is 428 g/mol. The van der Waals surface area contributed by atoms with Gasteiger partial charge in [-0.1, -0.05) is 11.6 Å². The second kappa shape index (κ2) is 8.49. The molecule has 0 spiro atoms. The van der Waals surface area contributed by atoms with E-state index < -0.39 is 29.0 Å². The first-order chi connectivity index (χ1) is 14.4. The van der Waals surface area contributed by atoms with Crippen LogP contribution < -0.4 is 20.1 Å². The molecule has 3 aromatic rings. The predicted octanol–water partition coefficient (Wildman–Crippen LogP) is 4.65. The van der Waals surface area contributed by atoms with Gasteiger partial charge >= 0.3 is 6.61 Å². The van der Waals surface area contributed by atoms with E-state index in [-0.39, 0.29) is 34.3 Å². The highest BCUT2D eigenvalue weighted by Crippen LogP contribution is 2.36. The van der Waals surface area contributed by atoms with E-state index >= 15 is 4.39 Å². The first-order valence-corrected chi connectivity index (χ1v) is 9.32. The number of hydrogen-bond acceptors (Lipinski definition) is 6. The van der Waals surface area contributed by atoms with Crippen LogP contribution in [0.15, 0.2) is 30.6 Å². The van der Waals surface area contributed by atoms with Crippen molar-refractivity contribution in [1.82, 2.24) is 15.3 Å². The summed E-state index contributed by atoms with van der Waals surface area (Å²) in [5.74, 6) is -2.29. The van der Waals surface area contributed by atoms with Crippen molar-refractivity contribution in [3.63, 3.8) is 0 Å². The molecule has 0 radical (unpaired) electrons. The average molecular weight is 443 g/mol. The Morgan fingerprint density at radius 2 is 1.90 bits per heavy atom. The van der Waals surface area contributed by atoms with E-state index in [9.17, 15) is 13.2 Å². The predicted molar refractivity (Wildman–Crippen MR) is 103 cm³/mol. The molecule has 0 bridgehead atoms. The minimum absolute atomic E-state index is 0.00983. The van der Waals surface area contributed by atoms with E-state index in [0.717, 1.165) is 25.1 Å². The number of halogens is 5. The first kappa shape index (κ1) is 20.4. The van der Waals surface area contributed by atoms with Gasteiger partial charge in [-0.2, -0.15) is 8.78 Å². The van der Waals surface area contributed by atoms with E-state index in [0.29, 0.717) is 6.54 Å². The van der Waals surface area contributed by atoms with Crippen LogP contribution in [0, 0.1) is 11.6 Å². The molecule has 1 aliphatic rings. The van der Waals surface area contributed by atoms with Gasteiger partial charge in [0.25, 0.3) is 0 Å². The average Bonchev–Trinajstić information content (AvgIpc) is 3.23. The number of benzene rings is 2. The Balaban J connectivity index is 1.69. The maximum absolute atomic E-state index is 15.2. The van der Waals surface area contributed by atoms with Crippen molar-refractivity contribution in [1.29, 1.82) is 0 Å². The normalized spacial score (nSPS) is 16.3. The van der Waals surface area contributed by atoms with Crippen LogP contribution in [-0.2, 0) is 0 Å². The molecule has 1 atom stereocenters. The van der Waals surface area contributed by atoms with Crippen molar-refractivity contribution >= 4 is 34.0 Å². The van der Waals surface area contributed by atoms with Crippen molar-refractivity contribution in [2.75, 3.05) is 18.4 Å². The third-order valence-corrected chi connectivity index (χ3v) is 4.88. The molecule has 6 nitrogen and oxygen atoms in total. The minimum atomic E-state index is -3.16. The van der Waals surface area contributed by atoms with E-state index in [1.165, 1.54) is 12.4 Å². The van der Waals surface area contributed by atoms with Crippen LogP contribution in [-0.4, -0.2) is 35.8 Å². The van der Waals surface area contributed by atoms with E-state index in [4.69, 9.17) is 16.3 Å². The zero-order chi connectivity index (χ0) is 21.3. The van der Waals surface area contributed by atoms with Gasteiger partial charge in [0.05, 0.1) is 16.6 Å². The summed E-state index contributed by atoms with van der Waals surface area (Å²) < 4.78 is 64.4. The van der Waals surface area contributed by atoms with Crippen LogP contribution >= 0.6 is 11.6 Å². The second-order valence-corrected chi connectivity index (χ2v) is 6.85. The molecule has 1 aliphatic heterocycles. The molecular formula is C19H15ClF4N4O2. The highest BCUT2D eigenvalue weighted by molar-refractivity contribution is 6.32. The summed E-state index contributed by atoms with van der Waals surface area (Å²) in [6.45, 7) is -1.78. The monoisotopic (exact) mass is 442 g/mol. The van der Waals surface area contributed by atoms with Crippen LogP contribution in [0.4, 0.5) is 29.1 Å². The zero-order valence-corrected chi connectivity index (χ0v) is 16.0. The number of hydrogen-bond donors (Lipinski definition) is 2. The topological polar surface area (TPSA) is 68.3 Å². The fourth-order valence-corrected chi connectivity index (χ4v) is 3.34. The summed E-state index contributed by atoms with van der Waals surface area (Å²) in [4.78, 5) is 8.01. The summed E-state index contributed by atoms with van der Waals surface area (Å²) in [5, 5.41) is 5.11. The second-order valence-electron chi connectivity index (χ2n) is 6.47. The smallest absolute Gasteiger partial charge is 0.387 e. The Morgan fingerprint density at radius 3 is 2.63 bits per heavy atom. The molecule has 30 heavy (non-hydrogen) atoms. The lowest BCUT2D eigenvalue weighted by Crippen LogP contribution is -2.20. The van der Waals surface area contributed by atoms with Crippen molar-refractivity contribution in [2.45, 2.75) is 19.1 Å². The van der Waals surface area contributed by atoms with Gasteiger partial charge in [-0.25, -0.2) is 18.7 Å². The number of aromatic nitrogens is 2. The molecule has 0 aliphatic carbocycles. The van der Waals surface area contributed by atoms with E-state index in [2.05, 4.69) is 25.3 Å². The minimum Gasteiger partial charge on any atom is -0.486 e. The van der Waals surface area contributed by atoms with E-state index in [1.54, 1.807) is 6.07 Å². The van der Waals surface area contributed by atoms with Crippen molar-refractivity contribution in [3.8, 4) is 11.5 Å². The number of nitrogens with zero attached hydrogens (tertiary/aromatic N) is 2. The Morgan fingerprint density at radius 1 is 1.10 bits per heavy atom. The molecule has 0 unspecified atom stereocenters. The van der Waals surface area contributed by atoms with Crippen molar-refractivity contribution < 1.29 is 27.0 Å². The maximum Gasteiger partial charge on any atom is 0.387 e. The summed E-state index contributed by atoms with van der Waals surface area (Å²) in [6, 6.07) is 5.24. The number of anilines is 2. The maximum atomic E-state index is 15.2. The SMILES string of the molecule is Fc1c(Nc2ncnc3ccc(O[C@H]4CCNC4)c(F)c23)ccc(OC(F)F)c1Cl. The van der Waals surface area contributed by atoms with Gasteiger partial charge in [-0.05, 0) is 37.2 Å². The molecule has 2 N–H and O–H groups in total.